The summed E-state index contributed by atoms with van der Waals surface area (Å²) in [4.78, 5) is 16.3. The topological polar surface area (TPSA) is 53.5 Å². The third kappa shape index (κ3) is 5.35. The second-order valence-electron chi connectivity index (χ2n) is 16.0. The summed E-state index contributed by atoms with van der Waals surface area (Å²) in [6.07, 6.45) is 0. The van der Waals surface area contributed by atoms with Crippen LogP contribution in [0, 0.1) is 0 Å². The van der Waals surface area contributed by atoms with Crippen LogP contribution in [0.2, 0.25) is 0 Å². The fourth-order valence-electron chi connectivity index (χ4n) is 9.83. The highest BCUT2D eigenvalue weighted by Gasteiger charge is 2.29. The number of benzene rings is 9. The van der Waals surface area contributed by atoms with Gasteiger partial charge in [-0.15, -0.1) is 0 Å². The molecular weight excluding hydrogens is 769 g/mol. The number of para-hydroxylation sites is 6. The molecule has 0 spiro atoms. The molecular formula is C57H36N6. The number of rotatable bonds is 6. The highest BCUT2D eigenvalue weighted by molar-refractivity contribution is 6.14. The predicted octanol–water partition coefficient (Wildman–Crippen LogP) is 14.2. The van der Waals surface area contributed by atoms with Crippen molar-refractivity contribution in [3.8, 4) is 51.2 Å². The molecule has 0 bridgehead atoms. The maximum Gasteiger partial charge on any atom is 0.168 e. The highest BCUT2D eigenvalue weighted by Crippen LogP contribution is 2.46. The Hall–Kier alpha value is -8.61. The summed E-state index contributed by atoms with van der Waals surface area (Å²) in [6, 6.07) is 77.4. The molecule has 0 fully saturated rings. The van der Waals surface area contributed by atoms with Crippen LogP contribution in [0.25, 0.3) is 117 Å². The van der Waals surface area contributed by atoms with Crippen molar-refractivity contribution in [1.82, 2.24) is 28.7 Å². The predicted molar refractivity (Wildman–Crippen MR) is 259 cm³/mol. The maximum atomic E-state index is 5.55. The maximum absolute atomic E-state index is 5.55. The first-order chi connectivity index (χ1) is 31.3. The number of hydrogen-bond acceptors (Lipinski definition) is 3. The van der Waals surface area contributed by atoms with Crippen LogP contribution in [0.1, 0.15) is 0 Å². The van der Waals surface area contributed by atoms with Gasteiger partial charge in [0.1, 0.15) is 0 Å². The molecule has 0 amide bonds. The summed E-state index contributed by atoms with van der Waals surface area (Å²) >= 11 is 0. The summed E-state index contributed by atoms with van der Waals surface area (Å²) in [7, 11) is 0. The third-order valence-corrected chi connectivity index (χ3v) is 12.5. The molecule has 13 rings (SSSR count). The van der Waals surface area contributed by atoms with Gasteiger partial charge in [-0.1, -0.05) is 170 Å². The summed E-state index contributed by atoms with van der Waals surface area (Å²) in [5, 5.41) is 7.06. The van der Waals surface area contributed by atoms with Gasteiger partial charge in [-0.05, 0) is 48.5 Å². The van der Waals surface area contributed by atoms with E-state index in [1.54, 1.807) is 0 Å². The first kappa shape index (κ1) is 35.2. The molecule has 13 aromatic rings. The molecule has 9 aromatic carbocycles. The van der Waals surface area contributed by atoms with Gasteiger partial charge in [-0.2, -0.15) is 0 Å². The van der Waals surface area contributed by atoms with Gasteiger partial charge in [0.2, 0.25) is 0 Å². The van der Waals surface area contributed by atoms with Crippen LogP contribution in [-0.2, 0) is 0 Å². The van der Waals surface area contributed by atoms with Gasteiger partial charge in [-0.25, -0.2) is 15.0 Å². The van der Waals surface area contributed by atoms with Crippen molar-refractivity contribution in [3.05, 3.63) is 218 Å². The van der Waals surface area contributed by atoms with E-state index < -0.39 is 0 Å². The lowest BCUT2D eigenvalue weighted by atomic mass is 10.0. The van der Waals surface area contributed by atoms with Crippen molar-refractivity contribution in [1.29, 1.82) is 0 Å². The Labute approximate surface area is 362 Å². The monoisotopic (exact) mass is 804 g/mol. The Balaban J connectivity index is 1.29. The van der Waals surface area contributed by atoms with E-state index in [1.165, 1.54) is 32.3 Å². The Kier molecular flexibility index (Phi) is 7.80. The van der Waals surface area contributed by atoms with E-state index in [2.05, 4.69) is 196 Å². The SMILES string of the molecule is c1ccc(-c2nc(-c3ccccc3)nc(-c3c(-n4c5ccccc5c5ccccc54)ccc(-n4c5ccccc5c5ccccc54)c3-n3c4ccccc4c4ccccc43)n2)cc1. The van der Waals surface area contributed by atoms with E-state index in [-0.39, 0.29) is 0 Å². The van der Waals surface area contributed by atoms with Crippen molar-refractivity contribution >= 4 is 65.4 Å². The molecule has 294 valence electrons. The van der Waals surface area contributed by atoms with E-state index in [0.717, 1.165) is 66.9 Å². The lowest BCUT2D eigenvalue weighted by Crippen LogP contribution is -2.11. The van der Waals surface area contributed by atoms with Crippen molar-refractivity contribution in [2.45, 2.75) is 0 Å². The fraction of sp³-hybridized carbons (Fsp3) is 0. The quantitative estimate of drug-likeness (QED) is 0.168. The summed E-state index contributed by atoms with van der Waals surface area (Å²) in [5.74, 6) is 1.77. The van der Waals surface area contributed by atoms with Crippen LogP contribution in [0.5, 0.6) is 0 Å². The average molecular weight is 805 g/mol. The van der Waals surface area contributed by atoms with Crippen molar-refractivity contribution in [2.75, 3.05) is 0 Å². The van der Waals surface area contributed by atoms with Gasteiger partial charge in [0, 0.05) is 43.4 Å². The van der Waals surface area contributed by atoms with Crippen LogP contribution in [0.15, 0.2) is 218 Å². The van der Waals surface area contributed by atoms with Gasteiger partial charge in [0.25, 0.3) is 0 Å². The molecule has 63 heavy (non-hydrogen) atoms. The normalized spacial score (nSPS) is 11.8. The fourth-order valence-corrected chi connectivity index (χ4v) is 9.83. The molecule has 4 heterocycles. The molecule has 0 atom stereocenters. The molecule has 0 unspecified atom stereocenters. The molecule has 6 nitrogen and oxygen atoms in total. The standard InChI is InChI=1S/C57H36N6/c1-3-19-37(20-4-1)55-58-56(38-21-5-2-6-22-38)60-57(59-55)53-51(61-45-29-13-7-23-39(45)40-24-8-14-30-46(40)61)35-36-52(62-47-31-15-9-25-41(47)42-26-10-16-32-48(42)62)54(53)63-49-33-17-11-27-43(49)44-28-12-18-34-50(44)63/h1-36H. The highest BCUT2D eigenvalue weighted by atomic mass is 15.1. The van der Waals surface area contributed by atoms with Crippen LogP contribution in [0.4, 0.5) is 0 Å². The Bertz CT molecular complexity index is 3700. The summed E-state index contributed by atoms with van der Waals surface area (Å²) in [5.41, 5.74) is 12.2. The lowest BCUT2D eigenvalue weighted by molar-refractivity contribution is 1.04. The summed E-state index contributed by atoms with van der Waals surface area (Å²) in [6.45, 7) is 0. The minimum absolute atomic E-state index is 0.569. The van der Waals surface area contributed by atoms with Crippen LogP contribution in [-0.4, -0.2) is 28.7 Å². The second kappa shape index (κ2) is 14.0. The van der Waals surface area contributed by atoms with Gasteiger partial charge in [0.05, 0.1) is 55.7 Å². The molecule has 6 heteroatoms. The Morgan fingerprint density at radius 1 is 0.238 bits per heavy atom. The number of nitrogens with zero attached hydrogens (tertiary/aromatic N) is 6. The molecule has 0 saturated heterocycles. The van der Waals surface area contributed by atoms with E-state index in [4.69, 9.17) is 15.0 Å². The van der Waals surface area contributed by atoms with Crippen molar-refractivity contribution in [3.63, 3.8) is 0 Å². The number of aromatic nitrogens is 6. The lowest BCUT2D eigenvalue weighted by Gasteiger charge is -2.24. The Morgan fingerprint density at radius 3 is 0.905 bits per heavy atom. The first-order valence-corrected chi connectivity index (χ1v) is 21.3. The van der Waals surface area contributed by atoms with Crippen LogP contribution in [0.3, 0.4) is 0 Å². The zero-order valence-electron chi connectivity index (χ0n) is 34.0. The van der Waals surface area contributed by atoms with Gasteiger partial charge in [0.15, 0.2) is 17.5 Å². The van der Waals surface area contributed by atoms with Crippen molar-refractivity contribution < 1.29 is 0 Å². The van der Waals surface area contributed by atoms with Crippen LogP contribution < -0.4 is 0 Å². The molecule has 0 aliphatic heterocycles. The first-order valence-electron chi connectivity index (χ1n) is 21.3. The van der Waals surface area contributed by atoms with E-state index >= 15 is 0 Å². The smallest absolute Gasteiger partial charge is 0.168 e. The van der Waals surface area contributed by atoms with E-state index in [9.17, 15) is 0 Å². The van der Waals surface area contributed by atoms with Gasteiger partial charge in [-0.3, -0.25) is 0 Å². The van der Waals surface area contributed by atoms with Crippen LogP contribution >= 0.6 is 0 Å². The molecule has 0 N–H and O–H groups in total. The minimum Gasteiger partial charge on any atom is -0.308 e. The second-order valence-corrected chi connectivity index (χ2v) is 16.0. The molecule has 0 aliphatic carbocycles. The summed E-state index contributed by atoms with van der Waals surface area (Å²) < 4.78 is 7.28. The molecule has 0 aliphatic rings. The van der Waals surface area contributed by atoms with Crippen molar-refractivity contribution in [2.24, 2.45) is 0 Å². The van der Waals surface area contributed by atoms with E-state index in [0.29, 0.717) is 17.5 Å². The largest absolute Gasteiger partial charge is 0.308 e. The van der Waals surface area contributed by atoms with Gasteiger partial charge < -0.3 is 13.7 Å². The third-order valence-electron chi connectivity index (χ3n) is 12.5. The number of fused-ring (bicyclic) bond motifs is 9. The zero-order valence-corrected chi connectivity index (χ0v) is 34.0. The molecule has 0 radical (unpaired) electrons. The molecule has 0 saturated carbocycles. The Morgan fingerprint density at radius 2 is 0.524 bits per heavy atom. The van der Waals surface area contributed by atoms with E-state index in [1.807, 2.05) is 36.4 Å². The average Bonchev–Trinajstić information content (AvgIpc) is 4.00. The number of hydrogen-bond donors (Lipinski definition) is 0. The zero-order chi connectivity index (χ0) is 41.4. The minimum atomic E-state index is 0.569. The molecule has 4 aromatic heterocycles. The van der Waals surface area contributed by atoms with Gasteiger partial charge >= 0.3 is 0 Å².